The number of aromatic nitrogens is 1. The Balaban J connectivity index is 2.07. The summed E-state index contributed by atoms with van der Waals surface area (Å²) in [7, 11) is 0. The molecule has 88 valence electrons. The quantitative estimate of drug-likeness (QED) is 0.905. The number of aromatic hydroxyl groups is 1. The average Bonchev–Trinajstić information content (AvgIpc) is 2.33. The van der Waals surface area contributed by atoms with Crippen LogP contribution in [0.25, 0.3) is 0 Å². The molecule has 0 radical (unpaired) electrons. The van der Waals surface area contributed by atoms with E-state index < -0.39 is 0 Å². The van der Waals surface area contributed by atoms with Crippen LogP contribution in [0.4, 0.5) is 5.69 Å². The molecule has 0 atom stereocenters. The largest absolute Gasteiger partial charge is 0.506 e. The molecule has 0 aliphatic carbocycles. The van der Waals surface area contributed by atoms with Gasteiger partial charge in [-0.05, 0) is 40.2 Å². The minimum absolute atomic E-state index is 0.165. The monoisotopic (exact) mass is 312 g/mol. The number of nitrogens with one attached hydrogen (secondary N) is 1. The lowest BCUT2D eigenvalue weighted by atomic mass is 10.3. The smallest absolute Gasteiger partial charge is 0.133 e. The first-order chi connectivity index (χ1) is 8.16. The zero-order valence-corrected chi connectivity index (χ0v) is 11.2. The van der Waals surface area contributed by atoms with Gasteiger partial charge in [0.25, 0.3) is 0 Å². The highest BCUT2D eigenvalue weighted by Crippen LogP contribution is 2.30. The number of halogens is 2. The second-order valence-corrected chi connectivity index (χ2v) is 4.66. The standard InChI is InChI=1S/C12H10BrClN2O/c13-12-10(14)2-1-3-11(12)16-6-8-4-5-9(17)7-15-8/h1-5,7,16-17H,6H2. The molecule has 0 spiro atoms. The van der Waals surface area contributed by atoms with Crippen LogP contribution >= 0.6 is 27.5 Å². The van der Waals surface area contributed by atoms with Gasteiger partial charge < -0.3 is 10.4 Å². The van der Waals surface area contributed by atoms with E-state index in [9.17, 15) is 0 Å². The topological polar surface area (TPSA) is 45.1 Å². The van der Waals surface area contributed by atoms with Gasteiger partial charge in [-0.3, -0.25) is 4.98 Å². The maximum Gasteiger partial charge on any atom is 0.133 e. The highest BCUT2D eigenvalue weighted by molar-refractivity contribution is 9.10. The normalized spacial score (nSPS) is 10.2. The van der Waals surface area contributed by atoms with Crippen molar-refractivity contribution in [1.29, 1.82) is 0 Å². The van der Waals surface area contributed by atoms with Crippen LogP contribution in [0.3, 0.4) is 0 Å². The third-order valence-corrected chi connectivity index (χ3v) is 3.62. The first-order valence-corrected chi connectivity index (χ1v) is 6.15. The summed E-state index contributed by atoms with van der Waals surface area (Å²) >= 11 is 9.39. The fraction of sp³-hybridized carbons (Fsp3) is 0.0833. The van der Waals surface area contributed by atoms with Gasteiger partial charge in [-0.15, -0.1) is 0 Å². The molecule has 1 heterocycles. The Morgan fingerprint density at radius 1 is 1.29 bits per heavy atom. The van der Waals surface area contributed by atoms with E-state index in [1.165, 1.54) is 6.20 Å². The van der Waals surface area contributed by atoms with E-state index in [4.69, 9.17) is 16.7 Å². The Morgan fingerprint density at radius 3 is 2.82 bits per heavy atom. The first-order valence-electron chi connectivity index (χ1n) is 4.98. The van der Waals surface area contributed by atoms with Gasteiger partial charge in [0.2, 0.25) is 0 Å². The molecule has 0 unspecified atom stereocenters. The number of pyridine rings is 1. The van der Waals surface area contributed by atoms with Crippen molar-refractivity contribution in [2.24, 2.45) is 0 Å². The van der Waals surface area contributed by atoms with E-state index in [0.717, 1.165) is 15.9 Å². The van der Waals surface area contributed by atoms with Gasteiger partial charge in [-0.25, -0.2) is 0 Å². The molecule has 17 heavy (non-hydrogen) atoms. The number of benzene rings is 1. The van der Waals surface area contributed by atoms with Crippen molar-refractivity contribution < 1.29 is 5.11 Å². The molecule has 0 aliphatic heterocycles. The van der Waals surface area contributed by atoms with Crippen LogP contribution in [0.5, 0.6) is 5.75 Å². The van der Waals surface area contributed by atoms with Crippen molar-refractivity contribution in [2.75, 3.05) is 5.32 Å². The number of rotatable bonds is 3. The summed E-state index contributed by atoms with van der Waals surface area (Å²) in [6, 6.07) is 8.99. The van der Waals surface area contributed by atoms with Gasteiger partial charge in [0.05, 0.1) is 33.6 Å². The molecular weight excluding hydrogens is 304 g/mol. The zero-order valence-electron chi connectivity index (χ0n) is 8.82. The van der Waals surface area contributed by atoms with Crippen molar-refractivity contribution in [1.82, 2.24) is 4.98 Å². The lowest BCUT2D eigenvalue weighted by Crippen LogP contribution is -2.01. The summed E-state index contributed by atoms with van der Waals surface area (Å²) in [5, 5.41) is 13.0. The van der Waals surface area contributed by atoms with Crippen LogP contribution < -0.4 is 5.32 Å². The summed E-state index contributed by atoms with van der Waals surface area (Å²) in [6.45, 7) is 0.569. The van der Waals surface area contributed by atoms with Crippen LogP contribution in [0, 0.1) is 0 Å². The summed E-state index contributed by atoms with van der Waals surface area (Å²) < 4.78 is 0.834. The second-order valence-electron chi connectivity index (χ2n) is 3.46. The molecule has 0 amide bonds. The Kier molecular flexibility index (Phi) is 3.86. The predicted octanol–water partition coefficient (Wildman–Crippen LogP) is 3.82. The van der Waals surface area contributed by atoms with Gasteiger partial charge in [-0.1, -0.05) is 17.7 Å². The third-order valence-electron chi connectivity index (χ3n) is 2.22. The molecule has 2 aromatic rings. The van der Waals surface area contributed by atoms with Crippen molar-refractivity contribution in [2.45, 2.75) is 6.54 Å². The van der Waals surface area contributed by atoms with Gasteiger partial charge in [0.1, 0.15) is 5.75 Å². The molecule has 2 N–H and O–H groups in total. The molecular formula is C12H10BrClN2O. The molecule has 1 aromatic heterocycles. The van der Waals surface area contributed by atoms with Crippen LogP contribution in [-0.2, 0) is 6.54 Å². The highest BCUT2D eigenvalue weighted by Gasteiger charge is 2.03. The average molecular weight is 314 g/mol. The molecule has 0 aliphatic rings. The molecule has 0 saturated heterocycles. The third kappa shape index (κ3) is 3.11. The number of hydrogen-bond donors (Lipinski definition) is 2. The van der Waals surface area contributed by atoms with E-state index >= 15 is 0 Å². The molecule has 1 aromatic carbocycles. The molecule has 0 fully saturated rings. The number of nitrogens with zero attached hydrogens (tertiary/aromatic N) is 1. The van der Waals surface area contributed by atoms with Gasteiger partial charge in [0.15, 0.2) is 0 Å². The minimum Gasteiger partial charge on any atom is -0.506 e. The van der Waals surface area contributed by atoms with Crippen LogP contribution in [0.1, 0.15) is 5.69 Å². The lowest BCUT2D eigenvalue weighted by Gasteiger charge is -2.09. The summed E-state index contributed by atoms with van der Waals surface area (Å²) in [6.07, 6.45) is 1.42. The van der Waals surface area contributed by atoms with Crippen LogP contribution in [-0.4, -0.2) is 10.1 Å². The van der Waals surface area contributed by atoms with E-state index in [1.807, 2.05) is 18.2 Å². The Morgan fingerprint density at radius 2 is 2.12 bits per heavy atom. The lowest BCUT2D eigenvalue weighted by molar-refractivity contribution is 0.472. The summed E-state index contributed by atoms with van der Waals surface area (Å²) in [4.78, 5) is 4.08. The van der Waals surface area contributed by atoms with Crippen molar-refractivity contribution in [3.05, 3.63) is 51.7 Å². The van der Waals surface area contributed by atoms with Crippen molar-refractivity contribution in [3.8, 4) is 5.75 Å². The molecule has 3 nitrogen and oxygen atoms in total. The van der Waals surface area contributed by atoms with Crippen molar-refractivity contribution >= 4 is 33.2 Å². The van der Waals surface area contributed by atoms with Crippen LogP contribution in [0.15, 0.2) is 41.0 Å². The maximum atomic E-state index is 9.11. The molecule has 0 saturated carbocycles. The minimum atomic E-state index is 0.165. The summed E-state index contributed by atoms with van der Waals surface area (Å²) in [5.74, 6) is 0.165. The molecule has 5 heteroatoms. The first kappa shape index (κ1) is 12.2. The summed E-state index contributed by atoms with van der Waals surface area (Å²) in [5.41, 5.74) is 1.75. The zero-order chi connectivity index (χ0) is 12.3. The maximum absolute atomic E-state index is 9.11. The predicted molar refractivity (Wildman–Crippen MR) is 72.4 cm³/mol. The second kappa shape index (κ2) is 5.38. The van der Waals surface area contributed by atoms with E-state index in [-0.39, 0.29) is 5.75 Å². The number of hydrogen-bond acceptors (Lipinski definition) is 3. The Labute approximate surface area is 113 Å². The van der Waals surface area contributed by atoms with E-state index in [0.29, 0.717) is 11.6 Å². The Hall–Kier alpha value is -1.26. The Bertz CT molecular complexity index is 516. The van der Waals surface area contributed by atoms with Gasteiger partial charge in [0, 0.05) is 0 Å². The fourth-order valence-electron chi connectivity index (χ4n) is 1.35. The van der Waals surface area contributed by atoms with E-state index in [2.05, 4.69) is 26.2 Å². The van der Waals surface area contributed by atoms with Gasteiger partial charge >= 0.3 is 0 Å². The SMILES string of the molecule is Oc1ccc(CNc2cccc(Cl)c2Br)nc1. The van der Waals surface area contributed by atoms with Crippen molar-refractivity contribution in [3.63, 3.8) is 0 Å². The highest BCUT2D eigenvalue weighted by atomic mass is 79.9. The number of anilines is 1. The van der Waals surface area contributed by atoms with Crippen LogP contribution in [0.2, 0.25) is 5.02 Å². The fourth-order valence-corrected chi connectivity index (χ4v) is 1.93. The van der Waals surface area contributed by atoms with Gasteiger partial charge in [-0.2, -0.15) is 0 Å². The van der Waals surface area contributed by atoms with E-state index in [1.54, 1.807) is 12.1 Å². The molecule has 2 rings (SSSR count). The molecule has 0 bridgehead atoms.